The second-order valence-electron chi connectivity index (χ2n) is 11.1. The van der Waals surface area contributed by atoms with Crippen molar-refractivity contribution < 1.29 is 28.8 Å². The fourth-order valence-electron chi connectivity index (χ4n) is 5.97. The minimum absolute atomic E-state index is 0.280. The molecule has 1 aliphatic heterocycles. The van der Waals surface area contributed by atoms with Gasteiger partial charge in [0.2, 0.25) is 5.12 Å². The van der Waals surface area contributed by atoms with Crippen molar-refractivity contribution in [3.63, 3.8) is 0 Å². The Balaban J connectivity index is 1.56. The summed E-state index contributed by atoms with van der Waals surface area (Å²) in [5, 5.41) is 9.61. The van der Waals surface area contributed by atoms with E-state index in [1.165, 1.54) is 16.8 Å². The number of hydrogen-bond acceptors (Lipinski definition) is 9. The maximum Gasteiger partial charge on any atom is 0.330 e. The van der Waals surface area contributed by atoms with Gasteiger partial charge in [0.1, 0.15) is 29.3 Å². The van der Waals surface area contributed by atoms with E-state index in [0.717, 1.165) is 28.5 Å². The second kappa shape index (κ2) is 14.4. The number of nitrogens with one attached hydrogen (secondary N) is 1. The van der Waals surface area contributed by atoms with Crippen LogP contribution in [0.15, 0.2) is 131 Å². The zero-order valence-corrected chi connectivity index (χ0v) is 27.0. The molecule has 0 radical (unpaired) electrons. The molecule has 0 aliphatic carbocycles. The van der Waals surface area contributed by atoms with Gasteiger partial charge in [-0.3, -0.25) is 19.1 Å². The number of rotatable bonds is 11. The van der Waals surface area contributed by atoms with E-state index in [1.807, 2.05) is 84.9 Å². The number of carbonyl (C=O) groups is 1. The highest BCUT2D eigenvalue weighted by Crippen LogP contribution is 2.48. The van der Waals surface area contributed by atoms with Crippen LogP contribution in [-0.2, 0) is 15.1 Å². The number of benzene rings is 4. The summed E-state index contributed by atoms with van der Waals surface area (Å²) >= 11 is 0.950. The average Bonchev–Trinajstić information content (AvgIpc) is 3.47. The van der Waals surface area contributed by atoms with Gasteiger partial charge in [0.05, 0.1) is 26.1 Å². The van der Waals surface area contributed by atoms with Crippen molar-refractivity contribution >= 4 is 16.9 Å². The zero-order chi connectivity index (χ0) is 33.7. The smallest absolute Gasteiger partial charge is 0.330 e. The first-order valence-corrected chi connectivity index (χ1v) is 16.1. The topological polar surface area (TPSA) is 129 Å². The SMILES string of the molecule is COc1ccc(C(O[C@H]2[C@@H](SC(=O)c3ccccc3)[C@H](n3ccc(=O)[nH]c3=O)O[C@@H]2CO)(c2ccccc2)c2ccc(OC)cc2)cc1. The van der Waals surface area contributed by atoms with E-state index in [1.54, 1.807) is 38.5 Å². The third-order valence-corrected chi connectivity index (χ3v) is 9.55. The van der Waals surface area contributed by atoms with Crippen LogP contribution in [0.5, 0.6) is 11.5 Å². The van der Waals surface area contributed by atoms with Gasteiger partial charge in [-0.25, -0.2) is 4.79 Å². The summed E-state index contributed by atoms with van der Waals surface area (Å²) in [6, 6.07) is 34.5. The van der Waals surface area contributed by atoms with Gasteiger partial charge in [-0.05, 0) is 41.0 Å². The van der Waals surface area contributed by atoms with Crippen LogP contribution in [0.3, 0.4) is 0 Å². The number of aromatic nitrogens is 2. The van der Waals surface area contributed by atoms with Crippen molar-refractivity contribution in [3.8, 4) is 11.5 Å². The first kappa shape index (κ1) is 33.0. The average molecular weight is 667 g/mol. The van der Waals surface area contributed by atoms with E-state index in [9.17, 15) is 19.5 Å². The molecule has 1 aromatic heterocycles. The Morgan fingerprint density at radius 1 is 0.812 bits per heavy atom. The highest BCUT2D eigenvalue weighted by Gasteiger charge is 2.52. The van der Waals surface area contributed by atoms with E-state index in [-0.39, 0.29) is 5.12 Å². The lowest BCUT2D eigenvalue weighted by atomic mass is 9.79. The van der Waals surface area contributed by atoms with E-state index in [0.29, 0.717) is 17.1 Å². The Morgan fingerprint density at radius 3 is 1.88 bits per heavy atom. The molecule has 11 heteroatoms. The minimum atomic E-state index is -1.32. The van der Waals surface area contributed by atoms with Crippen molar-refractivity contribution in [1.29, 1.82) is 0 Å². The molecular weight excluding hydrogens is 632 g/mol. The largest absolute Gasteiger partial charge is 0.497 e. The van der Waals surface area contributed by atoms with Crippen LogP contribution in [0.25, 0.3) is 0 Å². The molecule has 246 valence electrons. The predicted octanol–water partition coefficient (Wildman–Crippen LogP) is 4.76. The molecule has 0 saturated carbocycles. The lowest BCUT2D eigenvalue weighted by Crippen LogP contribution is -2.45. The number of ether oxygens (including phenoxy) is 4. The molecule has 2 heterocycles. The van der Waals surface area contributed by atoms with Crippen molar-refractivity contribution in [2.24, 2.45) is 0 Å². The van der Waals surface area contributed by atoms with Crippen molar-refractivity contribution in [1.82, 2.24) is 9.55 Å². The van der Waals surface area contributed by atoms with Gasteiger partial charge in [-0.2, -0.15) is 0 Å². The summed E-state index contributed by atoms with van der Waals surface area (Å²) in [5.41, 5.74) is 0.0643. The van der Waals surface area contributed by atoms with E-state index < -0.39 is 47.1 Å². The monoisotopic (exact) mass is 666 g/mol. The molecule has 6 rings (SSSR count). The third-order valence-electron chi connectivity index (χ3n) is 8.33. The van der Waals surface area contributed by atoms with Crippen LogP contribution in [0.2, 0.25) is 0 Å². The summed E-state index contributed by atoms with van der Waals surface area (Å²) in [5.74, 6) is 1.29. The third kappa shape index (κ3) is 6.45. The molecular formula is C37H34N2O8S. The summed E-state index contributed by atoms with van der Waals surface area (Å²) < 4.78 is 25.9. The molecule has 1 fully saturated rings. The maximum absolute atomic E-state index is 13.8. The van der Waals surface area contributed by atoms with E-state index >= 15 is 0 Å². The number of aliphatic hydroxyl groups is 1. The minimum Gasteiger partial charge on any atom is -0.497 e. The molecule has 5 aromatic rings. The molecule has 4 atom stereocenters. The number of methoxy groups -OCH3 is 2. The molecule has 10 nitrogen and oxygen atoms in total. The highest BCUT2D eigenvalue weighted by atomic mass is 32.2. The fraction of sp³-hybridized carbons (Fsp3) is 0.216. The Morgan fingerprint density at radius 2 is 1.35 bits per heavy atom. The molecule has 2 N–H and O–H groups in total. The highest BCUT2D eigenvalue weighted by molar-refractivity contribution is 8.14. The van der Waals surface area contributed by atoms with Crippen LogP contribution in [0, 0.1) is 0 Å². The predicted molar refractivity (Wildman–Crippen MR) is 182 cm³/mol. The molecule has 0 amide bonds. The Bertz CT molecular complexity index is 1900. The summed E-state index contributed by atoms with van der Waals surface area (Å²) in [7, 11) is 3.18. The van der Waals surface area contributed by atoms with Gasteiger partial charge >= 0.3 is 5.69 Å². The van der Waals surface area contributed by atoms with Crippen molar-refractivity contribution in [2.75, 3.05) is 20.8 Å². The molecule has 0 spiro atoms. The fourth-order valence-corrected chi connectivity index (χ4v) is 7.17. The number of nitrogens with zero attached hydrogens (tertiary/aromatic N) is 1. The van der Waals surface area contributed by atoms with Crippen LogP contribution in [-0.4, -0.2) is 58.1 Å². The Labute approximate surface area is 280 Å². The summed E-state index contributed by atoms with van der Waals surface area (Å²) in [4.78, 5) is 41.1. The van der Waals surface area contributed by atoms with E-state index in [4.69, 9.17) is 18.9 Å². The molecule has 0 unspecified atom stereocenters. The number of carbonyl (C=O) groups excluding carboxylic acids is 1. The van der Waals surface area contributed by atoms with E-state index in [2.05, 4.69) is 4.98 Å². The van der Waals surface area contributed by atoms with Crippen LogP contribution in [0.1, 0.15) is 33.3 Å². The first-order valence-electron chi connectivity index (χ1n) is 15.2. The lowest BCUT2D eigenvalue weighted by molar-refractivity contribution is -0.0990. The standard InChI is InChI=1S/C37H34N2O8S/c1-44-28-17-13-26(14-18-28)37(25-11-7-4-8-12-25,27-15-19-29(45-2)20-16-27)47-32-30(23-40)46-34(39-22-21-31(41)38-36(39)43)33(32)48-35(42)24-9-5-3-6-10-24/h3-22,30,32-34,40H,23H2,1-2H3,(H,38,41,43)/t30-,32-,33-,34-/m1/s1. The number of hydrogen-bond donors (Lipinski definition) is 2. The van der Waals surface area contributed by atoms with Gasteiger partial charge in [-0.1, -0.05) is 96.7 Å². The lowest BCUT2D eigenvalue weighted by Gasteiger charge is -2.40. The van der Waals surface area contributed by atoms with Gasteiger partial charge in [0.25, 0.3) is 5.56 Å². The number of H-pyrrole nitrogens is 1. The van der Waals surface area contributed by atoms with Crippen LogP contribution >= 0.6 is 11.8 Å². The number of aliphatic hydroxyl groups excluding tert-OH is 1. The molecule has 4 aromatic carbocycles. The molecule has 48 heavy (non-hydrogen) atoms. The summed E-state index contributed by atoms with van der Waals surface area (Å²) in [6.45, 7) is -0.480. The quantitative estimate of drug-likeness (QED) is 0.192. The number of thioether (sulfide) groups is 1. The summed E-state index contributed by atoms with van der Waals surface area (Å²) in [6.07, 6.45) is -1.72. The zero-order valence-electron chi connectivity index (χ0n) is 26.2. The van der Waals surface area contributed by atoms with Crippen molar-refractivity contribution in [2.45, 2.75) is 29.3 Å². The normalized spacial score (nSPS) is 19.1. The number of aromatic amines is 1. The molecule has 1 aliphatic rings. The van der Waals surface area contributed by atoms with Gasteiger partial charge in [0.15, 0.2) is 6.23 Å². The van der Waals surface area contributed by atoms with Crippen LogP contribution < -0.4 is 20.7 Å². The van der Waals surface area contributed by atoms with Gasteiger partial charge in [0, 0.05) is 17.8 Å². The molecule has 1 saturated heterocycles. The second-order valence-corrected chi connectivity index (χ2v) is 12.2. The Kier molecular flexibility index (Phi) is 9.93. The molecule has 0 bridgehead atoms. The van der Waals surface area contributed by atoms with Gasteiger partial charge < -0.3 is 24.1 Å². The first-order chi connectivity index (χ1) is 23.4. The maximum atomic E-state index is 13.8. The van der Waals surface area contributed by atoms with Crippen molar-refractivity contribution in [3.05, 3.63) is 165 Å². The Hall–Kier alpha value is -4.94. The van der Waals surface area contributed by atoms with Crippen LogP contribution in [0.4, 0.5) is 0 Å². The van der Waals surface area contributed by atoms with Gasteiger partial charge in [-0.15, -0.1) is 0 Å².